The number of halogens is 3. The minimum absolute atomic E-state index is 0.293. The molecule has 0 N–H and O–H groups in total. The summed E-state index contributed by atoms with van der Waals surface area (Å²) in [7, 11) is 0. The lowest BCUT2D eigenvalue weighted by Gasteiger charge is -2.32. The lowest BCUT2D eigenvalue weighted by molar-refractivity contribution is 0.0696. The Morgan fingerprint density at radius 1 is 1.37 bits per heavy atom. The molecule has 1 amide bonds. The molecule has 0 saturated heterocycles. The highest BCUT2D eigenvalue weighted by molar-refractivity contribution is 9.10. The van der Waals surface area contributed by atoms with Crippen LogP contribution < -0.4 is 0 Å². The van der Waals surface area contributed by atoms with Gasteiger partial charge in [0.2, 0.25) is 0 Å². The molecule has 104 valence electrons. The molecule has 0 heterocycles. The molecule has 1 saturated carbocycles. The molecule has 0 bridgehead atoms. The maximum atomic E-state index is 13.8. The van der Waals surface area contributed by atoms with E-state index in [4.69, 9.17) is 0 Å². The van der Waals surface area contributed by atoms with Crippen LogP contribution >= 0.6 is 15.9 Å². The highest BCUT2D eigenvalue weighted by Gasteiger charge is 2.27. The Balaban J connectivity index is 2.21. The first kappa shape index (κ1) is 14.4. The summed E-state index contributed by atoms with van der Waals surface area (Å²) in [6.45, 7) is 2.87. The molecule has 0 atom stereocenters. The van der Waals surface area contributed by atoms with Crippen LogP contribution in [0, 0.1) is 17.6 Å². The SMILES string of the molecule is CCN(CC1CCC1)C(=O)c1c(F)cc(Br)cc1F. The van der Waals surface area contributed by atoms with Crippen LogP contribution in [-0.2, 0) is 0 Å². The first-order valence-electron chi connectivity index (χ1n) is 6.46. The molecule has 2 rings (SSSR count). The summed E-state index contributed by atoms with van der Waals surface area (Å²) in [4.78, 5) is 13.8. The van der Waals surface area contributed by atoms with Crippen LogP contribution in [0.1, 0.15) is 36.5 Å². The van der Waals surface area contributed by atoms with E-state index in [9.17, 15) is 13.6 Å². The van der Waals surface area contributed by atoms with Gasteiger partial charge in [-0.15, -0.1) is 0 Å². The molecular weight excluding hydrogens is 316 g/mol. The zero-order chi connectivity index (χ0) is 14.0. The van der Waals surface area contributed by atoms with Crippen LogP contribution in [0.5, 0.6) is 0 Å². The maximum Gasteiger partial charge on any atom is 0.259 e. The topological polar surface area (TPSA) is 20.3 Å². The quantitative estimate of drug-likeness (QED) is 0.816. The largest absolute Gasteiger partial charge is 0.338 e. The number of hydrogen-bond donors (Lipinski definition) is 0. The van der Waals surface area contributed by atoms with Crippen molar-refractivity contribution in [1.82, 2.24) is 4.90 Å². The molecular formula is C14H16BrF2NO. The Morgan fingerprint density at radius 3 is 2.37 bits per heavy atom. The number of nitrogens with zero attached hydrogens (tertiary/aromatic N) is 1. The number of hydrogen-bond acceptors (Lipinski definition) is 1. The van der Waals surface area contributed by atoms with Gasteiger partial charge in [0.1, 0.15) is 17.2 Å². The highest BCUT2D eigenvalue weighted by Crippen LogP contribution is 2.28. The average Bonchev–Trinajstić information content (AvgIpc) is 2.26. The molecule has 0 aliphatic heterocycles. The predicted molar refractivity (Wildman–Crippen MR) is 73.0 cm³/mol. The van der Waals surface area contributed by atoms with Crippen LogP contribution in [0.25, 0.3) is 0 Å². The molecule has 1 aliphatic rings. The summed E-state index contributed by atoms with van der Waals surface area (Å²) in [5.41, 5.74) is -0.454. The van der Waals surface area contributed by atoms with Gasteiger partial charge in [-0.05, 0) is 37.8 Å². The van der Waals surface area contributed by atoms with Crippen molar-refractivity contribution >= 4 is 21.8 Å². The van der Waals surface area contributed by atoms with Crippen molar-refractivity contribution in [3.63, 3.8) is 0 Å². The molecule has 1 fully saturated rings. The molecule has 5 heteroatoms. The normalized spacial score (nSPS) is 15.2. The lowest BCUT2D eigenvalue weighted by Crippen LogP contribution is -2.38. The Bertz CT molecular complexity index is 465. The first-order valence-corrected chi connectivity index (χ1v) is 7.26. The van der Waals surface area contributed by atoms with Crippen LogP contribution in [0.2, 0.25) is 0 Å². The second-order valence-corrected chi connectivity index (χ2v) is 5.80. The molecule has 19 heavy (non-hydrogen) atoms. The molecule has 1 aliphatic carbocycles. The highest BCUT2D eigenvalue weighted by atomic mass is 79.9. The Morgan fingerprint density at radius 2 is 1.95 bits per heavy atom. The van der Waals surface area contributed by atoms with Crippen molar-refractivity contribution in [2.45, 2.75) is 26.2 Å². The second-order valence-electron chi connectivity index (χ2n) is 4.89. The Labute approximate surface area is 119 Å². The fourth-order valence-corrected chi connectivity index (χ4v) is 2.65. The van der Waals surface area contributed by atoms with Gasteiger partial charge in [-0.1, -0.05) is 22.4 Å². The second kappa shape index (κ2) is 5.99. The fraction of sp³-hybridized carbons (Fsp3) is 0.500. The smallest absolute Gasteiger partial charge is 0.259 e. The van der Waals surface area contributed by atoms with Crippen LogP contribution in [-0.4, -0.2) is 23.9 Å². The first-order chi connectivity index (χ1) is 9.02. The van der Waals surface area contributed by atoms with Gasteiger partial charge in [0.25, 0.3) is 5.91 Å². The molecule has 1 aromatic carbocycles. The molecule has 1 aromatic rings. The van der Waals surface area contributed by atoms with E-state index in [0.29, 0.717) is 23.5 Å². The number of carbonyl (C=O) groups excluding carboxylic acids is 1. The molecule has 0 aromatic heterocycles. The fourth-order valence-electron chi connectivity index (χ4n) is 2.25. The van der Waals surface area contributed by atoms with E-state index in [-0.39, 0.29) is 0 Å². The number of rotatable bonds is 4. The summed E-state index contributed by atoms with van der Waals surface area (Å²) >= 11 is 3.01. The lowest BCUT2D eigenvalue weighted by atomic mass is 9.85. The van der Waals surface area contributed by atoms with Crippen LogP contribution in [0.15, 0.2) is 16.6 Å². The van der Waals surface area contributed by atoms with Crippen molar-refractivity contribution in [2.75, 3.05) is 13.1 Å². The van der Waals surface area contributed by atoms with Gasteiger partial charge in [0.05, 0.1) is 0 Å². The summed E-state index contributed by atoms with van der Waals surface area (Å²) in [5.74, 6) is -1.71. The minimum Gasteiger partial charge on any atom is -0.338 e. The van der Waals surface area contributed by atoms with Crippen molar-refractivity contribution in [3.05, 3.63) is 33.8 Å². The standard InChI is InChI=1S/C14H16BrF2NO/c1-2-18(8-9-4-3-5-9)14(19)13-11(16)6-10(15)7-12(13)17/h6-7,9H,2-5,8H2,1H3. The van der Waals surface area contributed by atoms with Crippen molar-refractivity contribution in [1.29, 1.82) is 0 Å². The summed E-state index contributed by atoms with van der Waals surface area (Å²) in [5, 5.41) is 0. The van der Waals surface area contributed by atoms with E-state index >= 15 is 0 Å². The summed E-state index contributed by atoms with van der Waals surface area (Å²) in [6, 6.07) is 2.24. The summed E-state index contributed by atoms with van der Waals surface area (Å²) < 4.78 is 27.8. The van der Waals surface area contributed by atoms with E-state index in [2.05, 4.69) is 15.9 Å². The Kier molecular flexibility index (Phi) is 4.55. The molecule has 0 unspecified atom stereocenters. The summed E-state index contributed by atoms with van der Waals surface area (Å²) in [6.07, 6.45) is 3.36. The van der Waals surface area contributed by atoms with Crippen molar-refractivity contribution in [3.8, 4) is 0 Å². The van der Waals surface area contributed by atoms with Gasteiger partial charge >= 0.3 is 0 Å². The van der Waals surface area contributed by atoms with Gasteiger partial charge in [-0.2, -0.15) is 0 Å². The van der Waals surface area contributed by atoms with E-state index in [1.807, 2.05) is 6.92 Å². The number of benzene rings is 1. The number of amides is 1. The zero-order valence-corrected chi connectivity index (χ0v) is 12.3. The monoisotopic (exact) mass is 331 g/mol. The molecule has 0 spiro atoms. The maximum absolute atomic E-state index is 13.8. The van der Waals surface area contributed by atoms with Gasteiger partial charge in [0, 0.05) is 17.6 Å². The van der Waals surface area contributed by atoms with E-state index in [1.54, 1.807) is 0 Å². The van der Waals surface area contributed by atoms with Gasteiger partial charge < -0.3 is 4.90 Å². The molecule has 0 radical (unpaired) electrons. The van der Waals surface area contributed by atoms with E-state index in [1.165, 1.54) is 11.3 Å². The molecule has 2 nitrogen and oxygen atoms in total. The van der Waals surface area contributed by atoms with E-state index in [0.717, 1.165) is 25.0 Å². The third-order valence-electron chi connectivity index (χ3n) is 3.59. The number of carbonyl (C=O) groups is 1. The van der Waals surface area contributed by atoms with Gasteiger partial charge in [-0.3, -0.25) is 4.79 Å². The Hall–Kier alpha value is -0.970. The third-order valence-corrected chi connectivity index (χ3v) is 4.05. The predicted octanol–water partition coefficient (Wildman–Crippen LogP) is 3.99. The van der Waals surface area contributed by atoms with Crippen LogP contribution in [0.3, 0.4) is 0 Å². The van der Waals surface area contributed by atoms with E-state index < -0.39 is 23.1 Å². The van der Waals surface area contributed by atoms with Crippen molar-refractivity contribution < 1.29 is 13.6 Å². The van der Waals surface area contributed by atoms with Gasteiger partial charge in [0.15, 0.2) is 0 Å². The van der Waals surface area contributed by atoms with Gasteiger partial charge in [-0.25, -0.2) is 8.78 Å². The zero-order valence-electron chi connectivity index (χ0n) is 10.8. The van der Waals surface area contributed by atoms with Crippen LogP contribution in [0.4, 0.5) is 8.78 Å². The minimum atomic E-state index is -0.816. The third kappa shape index (κ3) is 3.14. The van der Waals surface area contributed by atoms with Crippen molar-refractivity contribution in [2.24, 2.45) is 5.92 Å². The average molecular weight is 332 g/mol.